The third-order valence-electron chi connectivity index (χ3n) is 8.20. The van der Waals surface area contributed by atoms with Crippen LogP contribution < -0.4 is 15.4 Å². The molecule has 13 nitrogen and oxygen atoms in total. The number of fused-ring (bicyclic) bond motifs is 1. The van der Waals surface area contributed by atoms with Gasteiger partial charge in [-0.15, -0.1) is 0 Å². The number of nitriles is 1. The third-order valence-corrected chi connectivity index (χ3v) is 8.20. The topological polar surface area (TPSA) is 163 Å². The van der Waals surface area contributed by atoms with E-state index in [9.17, 15) is 24.4 Å². The molecule has 0 aliphatic carbocycles. The zero-order chi connectivity index (χ0) is 31.6. The van der Waals surface area contributed by atoms with Crippen LogP contribution in [0.1, 0.15) is 39.2 Å². The van der Waals surface area contributed by atoms with E-state index in [1.807, 2.05) is 30.3 Å². The first-order valence-electron chi connectivity index (χ1n) is 14.4. The van der Waals surface area contributed by atoms with Gasteiger partial charge in [-0.2, -0.15) is 5.26 Å². The Labute approximate surface area is 255 Å². The minimum Gasteiger partial charge on any atom is -0.472 e. The number of aromatic nitrogens is 1. The number of amides is 4. The average molecular weight is 605 g/mol. The van der Waals surface area contributed by atoms with Gasteiger partial charge in [-0.25, -0.2) is 9.78 Å². The Bertz CT molecular complexity index is 1470. The second-order valence-electron chi connectivity index (χ2n) is 12.3. The highest BCUT2D eigenvalue weighted by Crippen LogP contribution is 2.40. The summed E-state index contributed by atoms with van der Waals surface area (Å²) in [6.45, 7) is 5.55. The van der Waals surface area contributed by atoms with Crippen LogP contribution in [-0.4, -0.2) is 88.6 Å². The van der Waals surface area contributed by atoms with E-state index in [4.69, 9.17) is 14.2 Å². The van der Waals surface area contributed by atoms with Gasteiger partial charge < -0.3 is 34.6 Å². The number of hydrogen-bond donors (Lipinski definition) is 2. The molecule has 4 heterocycles. The number of rotatable bonds is 6. The first-order valence-corrected chi connectivity index (χ1v) is 14.4. The van der Waals surface area contributed by atoms with E-state index >= 15 is 0 Å². The van der Waals surface area contributed by atoms with Crippen LogP contribution >= 0.6 is 0 Å². The molecule has 5 rings (SSSR count). The number of benzene rings is 1. The van der Waals surface area contributed by atoms with Crippen LogP contribution in [0.2, 0.25) is 0 Å². The Morgan fingerprint density at radius 3 is 2.64 bits per heavy atom. The molecule has 44 heavy (non-hydrogen) atoms. The van der Waals surface area contributed by atoms with E-state index < -0.39 is 59.1 Å². The zero-order valence-electron chi connectivity index (χ0n) is 25.1. The summed E-state index contributed by atoms with van der Waals surface area (Å²) in [7, 11) is 1.21. The fraction of sp³-hybridized carbons (Fsp3) is 0.484. The summed E-state index contributed by atoms with van der Waals surface area (Å²) in [6.07, 6.45) is 0.340. The lowest BCUT2D eigenvalue weighted by Gasteiger charge is -2.36. The smallest absolute Gasteiger partial charge is 0.407 e. The summed E-state index contributed by atoms with van der Waals surface area (Å²) >= 11 is 0. The maximum absolute atomic E-state index is 14.3. The standard InChI is InChI=1S/C31H36N6O7/c1-30(2,3)24(34-29(41)42-4)27(39)36-16-21(43-17-19-9-6-5-7-10-19)13-22(36)26(38)37-18-31(14-20(37)15-32)28(40)35-25-23(44-31)11-8-12-33-25/h5-12,20-22,24H,13-14,16-18H2,1-4H3,(H,34,41)(H,33,35,40). The average Bonchev–Trinajstić information content (AvgIpc) is 3.61. The first-order chi connectivity index (χ1) is 21.0. The molecule has 2 aromatic rings. The molecule has 2 fully saturated rings. The summed E-state index contributed by atoms with van der Waals surface area (Å²) in [6, 6.07) is 12.0. The number of hydrogen-bond acceptors (Lipinski definition) is 9. The predicted molar refractivity (Wildman–Crippen MR) is 156 cm³/mol. The lowest BCUT2D eigenvalue weighted by atomic mass is 9.85. The predicted octanol–water partition coefficient (Wildman–Crippen LogP) is 2.23. The van der Waals surface area contributed by atoms with Gasteiger partial charge in [-0.3, -0.25) is 14.4 Å². The van der Waals surface area contributed by atoms with Gasteiger partial charge in [0.05, 0.1) is 32.4 Å². The molecule has 5 unspecified atom stereocenters. The largest absolute Gasteiger partial charge is 0.472 e. The molecule has 0 bridgehead atoms. The summed E-state index contributed by atoms with van der Waals surface area (Å²) < 4.78 is 17.0. The molecular formula is C31H36N6O7. The van der Waals surface area contributed by atoms with E-state index in [1.165, 1.54) is 23.1 Å². The molecule has 0 saturated carbocycles. The summed E-state index contributed by atoms with van der Waals surface area (Å²) in [4.78, 5) is 60.7. The van der Waals surface area contributed by atoms with Crippen molar-refractivity contribution in [3.63, 3.8) is 0 Å². The normalized spacial score (nSPS) is 25.0. The van der Waals surface area contributed by atoms with Crippen molar-refractivity contribution in [1.82, 2.24) is 20.1 Å². The van der Waals surface area contributed by atoms with Gasteiger partial charge in [0.1, 0.15) is 18.1 Å². The lowest BCUT2D eigenvalue weighted by Crippen LogP contribution is -2.59. The minimum absolute atomic E-state index is 0.0570. The Morgan fingerprint density at radius 1 is 1.20 bits per heavy atom. The van der Waals surface area contributed by atoms with Gasteiger partial charge in [0, 0.05) is 25.6 Å². The van der Waals surface area contributed by atoms with Crippen molar-refractivity contribution in [3.8, 4) is 11.8 Å². The number of alkyl carbamates (subject to hydrolysis) is 1. The number of methoxy groups -OCH3 is 1. The van der Waals surface area contributed by atoms with Gasteiger partial charge in [-0.1, -0.05) is 51.1 Å². The Hall–Kier alpha value is -4.70. The van der Waals surface area contributed by atoms with Crippen molar-refractivity contribution in [2.75, 3.05) is 25.5 Å². The van der Waals surface area contributed by atoms with Gasteiger partial charge in [0.25, 0.3) is 5.91 Å². The van der Waals surface area contributed by atoms with Crippen LogP contribution in [0, 0.1) is 16.7 Å². The molecule has 5 atom stereocenters. The van der Waals surface area contributed by atoms with Gasteiger partial charge >= 0.3 is 6.09 Å². The Balaban J connectivity index is 1.42. The molecule has 2 N–H and O–H groups in total. The minimum atomic E-state index is -1.50. The number of nitrogens with one attached hydrogen (secondary N) is 2. The summed E-state index contributed by atoms with van der Waals surface area (Å²) in [5.74, 6) is -0.892. The Morgan fingerprint density at radius 2 is 1.95 bits per heavy atom. The monoisotopic (exact) mass is 604 g/mol. The van der Waals surface area contributed by atoms with Crippen LogP contribution in [-0.2, 0) is 30.5 Å². The molecule has 3 aliphatic rings. The third kappa shape index (κ3) is 6.03. The highest BCUT2D eigenvalue weighted by molar-refractivity contribution is 6.01. The van der Waals surface area contributed by atoms with Crippen molar-refractivity contribution in [2.45, 2.75) is 70.1 Å². The molecule has 4 amide bonds. The van der Waals surface area contributed by atoms with Crippen LogP contribution in [0.25, 0.3) is 0 Å². The van der Waals surface area contributed by atoms with Crippen molar-refractivity contribution >= 4 is 29.6 Å². The van der Waals surface area contributed by atoms with Crippen LogP contribution in [0.5, 0.6) is 5.75 Å². The van der Waals surface area contributed by atoms with E-state index in [2.05, 4.69) is 21.7 Å². The maximum Gasteiger partial charge on any atom is 0.407 e. The lowest BCUT2D eigenvalue weighted by molar-refractivity contribution is -0.147. The van der Waals surface area contributed by atoms with Gasteiger partial charge in [0.15, 0.2) is 11.6 Å². The molecule has 13 heteroatoms. The summed E-state index contributed by atoms with van der Waals surface area (Å²) in [5, 5.41) is 15.4. The van der Waals surface area contributed by atoms with E-state index in [0.29, 0.717) is 5.75 Å². The quantitative estimate of drug-likeness (QED) is 0.503. The zero-order valence-corrected chi connectivity index (χ0v) is 25.1. The molecule has 1 aromatic carbocycles. The van der Waals surface area contributed by atoms with Gasteiger partial charge in [-0.05, 0) is 23.1 Å². The SMILES string of the molecule is COC(=O)NC(C(=O)N1CC(OCc2ccccc2)CC1C(=O)N1CC2(CC1C#N)Oc1cccnc1NC2=O)C(C)(C)C. The Kier molecular flexibility index (Phi) is 8.47. The number of likely N-dealkylation sites (tertiary alicyclic amines) is 2. The molecule has 0 radical (unpaired) electrons. The van der Waals surface area contributed by atoms with Crippen LogP contribution in [0.4, 0.5) is 10.6 Å². The van der Waals surface area contributed by atoms with Crippen molar-refractivity contribution in [1.29, 1.82) is 5.26 Å². The molecular weight excluding hydrogens is 568 g/mol. The van der Waals surface area contributed by atoms with Crippen LogP contribution in [0.15, 0.2) is 48.7 Å². The van der Waals surface area contributed by atoms with Crippen molar-refractivity contribution in [2.24, 2.45) is 5.41 Å². The number of pyridine rings is 1. The van der Waals surface area contributed by atoms with E-state index in [0.717, 1.165) is 5.56 Å². The molecule has 3 aliphatic heterocycles. The molecule has 1 aromatic heterocycles. The van der Waals surface area contributed by atoms with E-state index in [1.54, 1.807) is 32.9 Å². The number of carbonyl (C=O) groups is 4. The fourth-order valence-electron chi connectivity index (χ4n) is 5.87. The van der Waals surface area contributed by atoms with Crippen molar-refractivity contribution < 1.29 is 33.4 Å². The van der Waals surface area contributed by atoms with Gasteiger partial charge in [0.2, 0.25) is 17.4 Å². The molecule has 1 spiro atoms. The van der Waals surface area contributed by atoms with Crippen molar-refractivity contribution in [3.05, 3.63) is 54.2 Å². The molecule has 2 saturated heterocycles. The maximum atomic E-state index is 14.3. The highest BCUT2D eigenvalue weighted by Gasteiger charge is 2.57. The number of anilines is 1. The second-order valence-corrected chi connectivity index (χ2v) is 12.3. The number of ether oxygens (including phenoxy) is 3. The first kappa shape index (κ1) is 30.7. The number of nitrogens with zero attached hydrogens (tertiary/aromatic N) is 4. The number of carbonyl (C=O) groups excluding carboxylic acids is 4. The van der Waals surface area contributed by atoms with Crippen LogP contribution in [0.3, 0.4) is 0 Å². The fourth-order valence-corrected chi connectivity index (χ4v) is 5.87. The highest BCUT2D eigenvalue weighted by atomic mass is 16.5. The molecule has 232 valence electrons. The second kappa shape index (κ2) is 12.1. The van der Waals surface area contributed by atoms with E-state index in [-0.39, 0.29) is 38.4 Å². The summed E-state index contributed by atoms with van der Waals surface area (Å²) in [5.41, 5.74) is -1.30.